The van der Waals surface area contributed by atoms with E-state index in [0.717, 1.165) is 150 Å². The molecule has 0 N–H and O–H groups in total. The second-order valence-corrected chi connectivity index (χ2v) is 28.6. The third-order valence-electron chi connectivity index (χ3n) is 22.7. The van der Waals surface area contributed by atoms with Crippen molar-refractivity contribution in [2.45, 2.75) is 0 Å². The number of fused-ring (bicyclic) bond motifs is 18. The smallest absolute Gasteiger partial charge is 0.164 e. The molecular formula is C100H60N10. The lowest BCUT2D eigenvalue weighted by Crippen LogP contribution is -2.04. The largest absolute Gasteiger partial charge is 0.309 e. The van der Waals surface area contributed by atoms with Crippen LogP contribution in [0.15, 0.2) is 364 Å². The van der Waals surface area contributed by atoms with Gasteiger partial charge in [-0.3, -0.25) is 0 Å². The van der Waals surface area contributed by atoms with Gasteiger partial charge in [-0.15, -0.1) is 0 Å². The quantitative estimate of drug-likeness (QED) is 0.136. The fourth-order valence-electron chi connectivity index (χ4n) is 17.9. The standard InChI is InChI=1S/C100H60N10/c101-61-62-43-49-78(96(55-62)109-92-51-45-66(105-84-35-15-7-27-70(84)71-28-8-16-36-85(71)105)57-80(92)81-58-67(46-52-93(81)109)106-86-37-17-9-29-72(86)73-30-10-18-38-87(73)106)79-50-44-65(100-103-98(63-23-3-1-4-24-63)102-99(104-100)64-25-5-2-6-26-64)56-97(79)110-94-53-47-68(107-88-39-19-11-31-74(88)75-32-12-20-40-89(75)107)59-82(94)83-60-69(48-54-95(83)110)108-90-41-21-13-33-76(90)77-34-14-22-42-91(77)108/h1-60H. The Labute approximate surface area is 629 Å². The molecule has 7 aromatic heterocycles. The number of aromatic nitrogens is 9. The highest BCUT2D eigenvalue weighted by Gasteiger charge is 2.27. The average Bonchev–Trinajstić information content (AvgIpc) is 1.55. The van der Waals surface area contributed by atoms with Crippen LogP contribution in [0, 0.1) is 11.3 Å². The zero-order chi connectivity index (χ0) is 72.2. The lowest BCUT2D eigenvalue weighted by molar-refractivity contribution is 1.07. The van der Waals surface area contributed by atoms with E-state index in [-0.39, 0.29) is 0 Å². The van der Waals surface area contributed by atoms with Crippen molar-refractivity contribution in [1.29, 1.82) is 5.26 Å². The number of hydrogen-bond acceptors (Lipinski definition) is 4. The van der Waals surface area contributed by atoms with Gasteiger partial charge in [0.15, 0.2) is 17.5 Å². The van der Waals surface area contributed by atoms with E-state index in [1.54, 1.807) is 0 Å². The minimum Gasteiger partial charge on any atom is -0.309 e. The maximum atomic E-state index is 11.3. The molecule has 0 amide bonds. The predicted octanol–water partition coefficient (Wildman–Crippen LogP) is 25.0. The Hall–Kier alpha value is -15.2. The summed E-state index contributed by atoms with van der Waals surface area (Å²) < 4.78 is 14.5. The zero-order valence-electron chi connectivity index (χ0n) is 59.1. The van der Waals surface area contributed by atoms with Crippen LogP contribution in [0.2, 0.25) is 0 Å². The van der Waals surface area contributed by atoms with E-state index in [1.807, 2.05) is 42.5 Å². The Balaban J connectivity index is 0.824. The van der Waals surface area contributed by atoms with E-state index in [4.69, 9.17) is 15.0 Å². The molecule has 0 fully saturated rings. The highest BCUT2D eigenvalue weighted by Crippen LogP contribution is 2.47. The minimum absolute atomic E-state index is 0.522. The fraction of sp³-hybridized carbons (Fsp3) is 0. The number of benzene rings is 16. The van der Waals surface area contributed by atoms with Gasteiger partial charge in [0.05, 0.1) is 89.2 Å². The molecule has 0 unspecified atom stereocenters. The van der Waals surface area contributed by atoms with Gasteiger partial charge in [-0.1, -0.05) is 224 Å². The number of para-hydroxylation sites is 8. The average molecular weight is 1400 g/mol. The summed E-state index contributed by atoms with van der Waals surface area (Å²) in [5.74, 6) is 1.65. The molecule has 0 atom stereocenters. The topological polar surface area (TPSA) is 92.0 Å². The summed E-state index contributed by atoms with van der Waals surface area (Å²) in [5.41, 5.74) is 23.8. The SMILES string of the molecule is N#Cc1ccc(-c2ccc(-c3nc(-c4ccccc4)nc(-c4ccccc4)n3)cc2-n2c3ccc(-n4c5ccccc5c5ccccc54)cc3c3cc(-n4c5ccccc5c5ccccc54)ccc32)c(-n2c3ccc(-n4c5ccccc5c5ccccc54)cc3c3cc(-n4c5ccccc5c5ccccc54)ccc32)c1. The number of rotatable bonds is 10. The van der Waals surface area contributed by atoms with E-state index in [0.29, 0.717) is 23.0 Å². The van der Waals surface area contributed by atoms with Gasteiger partial charge in [-0.2, -0.15) is 5.26 Å². The van der Waals surface area contributed by atoms with Gasteiger partial charge < -0.3 is 27.4 Å². The van der Waals surface area contributed by atoms with Gasteiger partial charge in [-0.05, 0) is 140 Å². The van der Waals surface area contributed by atoms with Gasteiger partial charge >= 0.3 is 0 Å². The Kier molecular flexibility index (Phi) is 13.3. The molecule has 10 heteroatoms. The van der Waals surface area contributed by atoms with E-state index < -0.39 is 0 Å². The second-order valence-electron chi connectivity index (χ2n) is 28.6. The van der Waals surface area contributed by atoms with Crippen molar-refractivity contribution in [2.75, 3.05) is 0 Å². The maximum absolute atomic E-state index is 11.3. The maximum Gasteiger partial charge on any atom is 0.164 e. The molecule has 510 valence electrons. The van der Waals surface area contributed by atoms with Crippen molar-refractivity contribution >= 4 is 131 Å². The second kappa shape index (κ2) is 23.9. The molecule has 0 radical (unpaired) electrons. The molecule has 0 saturated heterocycles. The summed E-state index contributed by atoms with van der Waals surface area (Å²) in [6.07, 6.45) is 0. The molecule has 0 bridgehead atoms. The van der Waals surface area contributed by atoms with Crippen LogP contribution in [-0.2, 0) is 0 Å². The third kappa shape index (κ3) is 9.13. The lowest BCUT2D eigenvalue weighted by Gasteiger charge is -2.20. The van der Waals surface area contributed by atoms with Crippen molar-refractivity contribution < 1.29 is 0 Å². The van der Waals surface area contributed by atoms with Crippen molar-refractivity contribution in [3.05, 3.63) is 370 Å². The third-order valence-corrected chi connectivity index (χ3v) is 22.7. The van der Waals surface area contributed by atoms with Gasteiger partial charge in [0.2, 0.25) is 0 Å². The molecule has 110 heavy (non-hydrogen) atoms. The van der Waals surface area contributed by atoms with Crippen LogP contribution in [0.5, 0.6) is 0 Å². The summed E-state index contributed by atoms with van der Waals surface area (Å²) >= 11 is 0. The first kappa shape index (κ1) is 61.2. The molecule has 0 saturated carbocycles. The van der Waals surface area contributed by atoms with Crippen LogP contribution >= 0.6 is 0 Å². The first-order chi connectivity index (χ1) is 54.5. The van der Waals surface area contributed by atoms with Crippen LogP contribution < -0.4 is 0 Å². The summed E-state index contributed by atoms with van der Waals surface area (Å²) in [6, 6.07) is 133. The van der Waals surface area contributed by atoms with E-state index in [1.165, 1.54) is 43.1 Å². The van der Waals surface area contributed by atoms with Crippen LogP contribution in [0.1, 0.15) is 5.56 Å². The van der Waals surface area contributed by atoms with E-state index in [9.17, 15) is 5.26 Å². The summed E-state index contributed by atoms with van der Waals surface area (Å²) in [6.45, 7) is 0. The molecule has 23 rings (SSSR count). The van der Waals surface area contributed by atoms with Gasteiger partial charge in [0.25, 0.3) is 0 Å². The van der Waals surface area contributed by atoms with Crippen molar-refractivity contribution in [3.8, 4) is 85.5 Å². The molecule has 10 nitrogen and oxygen atoms in total. The molecule has 0 aliphatic carbocycles. The number of hydrogen-bond donors (Lipinski definition) is 0. The highest BCUT2D eigenvalue weighted by atomic mass is 15.1. The molecule has 16 aromatic carbocycles. The minimum atomic E-state index is 0.522. The summed E-state index contributed by atoms with van der Waals surface area (Å²) in [5, 5.41) is 25.1. The fourth-order valence-corrected chi connectivity index (χ4v) is 17.9. The van der Waals surface area contributed by atoms with Gasteiger partial charge in [-0.25, -0.2) is 15.0 Å². The van der Waals surface area contributed by atoms with Crippen LogP contribution in [0.3, 0.4) is 0 Å². The molecular weight excluding hydrogens is 1340 g/mol. The van der Waals surface area contributed by atoms with Crippen LogP contribution in [0.4, 0.5) is 0 Å². The first-order valence-electron chi connectivity index (χ1n) is 37.2. The van der Waals surface area contributed by atoms with Crippen molar-refractivity contribution in [3.63, 3.8) is 0 Å². The molecule has 0 aliphatic heterocycles. The predicted molar refractivity (Wildman–Crippen MR) is 452 cm³/mol. The Bertz CT molecular complexity index is 7250. The Morgan fingerprint density at radius 1 is 0.191 bits per heavy atom. The molecule has 23 aromatic rings. The lowest BCUT2D eigenvalue weighted by atomic mass is 9.97. The Morgan fingerprint density at radius 2 is 0.436 bits per heavy atom. The molecule has 0 aliphatic rings. The van der Waals surface area contributed by atoms with Gasteiger partial charge in [0, 0.05) is 115 Å². The number of nitrogens with zero attached hydrogens (tertiary/aromatic N) is 10. The van der Waals surface area contributed by atoms with Crippen LogP contribution in [0.25, 0.3) is 210 Å². The van der Waals surface area contributed by atoms with E-state index in [2.05, 4.69) is 355 Å². The molecule has 0 spiro atoms. The monoisotopic (exact) mass is 1400 g/mol. The summed E-state index contributed by atoms with van der Waals surface area (Å²) in [7, 11) is 0. The Morgan fingerprint density at radius 3 is 0.727 bits per heavy atom. The van der Waals surface area contributed by atoms with Crippen LogP contribution in [-0.4, -0.2) is 42.4 Å². The summed E-state index contributed by atoms with van der Waals surface area (Å²) in [4.78, 5) is 16.0. The zero-order valence-corrected chi connectivity index (χ0v) is 59.1. The van der Waals surface area contributed by atoms with Crippen molar-refractivity contribution in [1.82, 2.24) is 42.4 Å². The first-order valence-corrected chi connectivity index (χ1v) is 37.2. The van der Waals surface area contributed by atoms with Crippen molar-refractivity contribution in [2.24, 2.45) is 0 Å². The van der Waals surface area contributed by atoms with Gasteiger partial charge in [0.1, 0.15) is 0 Å². The normalized spacial score (nSPS) is 12.0. The molecule has 7 heterocycles. The highest BCUT2D eigenvalue weighted by molar-refractivity contribution is 6.17. The van der Waals surface area contributed by atoms with E-state index >= 15 is 0 Å². The number of nitriles is 1.